The number of aromatic nitrogens is 10. The van der Waals surface area contributed by atoms with Crippen LogP contribution < -0.4 is 0 Å². The van der Waals surface area contributed by atoms with Gasteiger partial charge in [-0.05, 0) is 145 Å². The molecule has 12 heteroatoms. The molecule has 28 aromatic rings. The number of rotatable bonds is 12. The van der Waals surface area contributed by atoms with Gasteiger partial charge in [-0.1, -0.05) is 370 Å². The Morgan fingerprint density at radius 1 is 0.157 bits per heavy atom. The second kappa shape index (κ2) is 30.7. The minimum atomic E-state index is 0.504. The van der Waals surface area contributed by atoms with Crippen molar-refractivity contribution in [2.24, 2.45) is 0 Å². The van der Waals surface area contributed by atoms with Gasteiger partial charge < -0.3 is 18.0 Å². The number of fused-ring (bicyclic) bond motifs is 24. The van der Waals surface area contributed by atoms with Gasteiger partial charge in [0.25, 0.3) is 0 Å². The van der Waals surface area contributed by atoms with E-state index in [1.165, 1.54) is 32.3 Å². The molecule has 624 valence electrons. The van der Waals surface area contributed by atoms with E-state index < -0.39 is 0 Å². The monoisotopic (exact) mass is 1710 g/mol. The normalized spacial score (nSPS) is 11.9. The third kappa shape index (κ3) is 12.3. The first-order valence-corrected chi connectivity index (χ1v) is 45.2. The zero-order chi connectivity index (χ0) is 88.0. The molecular weight excluding hydrogens is 1640 g/mol. The molecule has 0 N–H and O–H groups in total. The van der Waals surface area contributed by atoms with E-state index in [9.17, 15) is 0 Å². The summed E-state index contributed by atoms with van der Waals surface area (Å²) in [5, 5.41) is 17.8. The van der Waals surface area contributed by atoms with Gasteiger partial charge in [0, 0.05) is 98.3 Å². The predicted molar refractivity (Wildman–Crippen MR) is 550 cm³/mol. The van der Waals surface area contributed by atoms with Crippen LogP contribution in [0.5, 0.6) is 0 Å². The molecule has 12 nitrogen and oxygen atoms in total. The Morgan fingerprint density at radius 3 is 0.858 bits per heavy atom. The molecule has 0 aliphatic heterocycles. The Hall–Kier alpha value is -18.3. The first-order chi connectivity index (χ1) is 66.4. The van der Waals surface area contributed by atoms with Crippen molar-refractivity contribution in [2.75, 3.05) is 0 Å². The van der Waals surface area contributed by atoms with Crippen LogP contribution in [0.4, 0.5) is 0 Å². The van der Waals surface area contributed by atoms with Crippen molar-refractivity contribution in [3.8, 4) is 113 Å². The molecule has 0 bridgehead atoms. The van der Waals surface area contributed by atoms with Crippen LogP contribution in [0.3, 0.4) is 0 Å². The SMILES string of the molecule is c1ccc(-c2ccc(-c3nc(-c4cccc(-c5ccccc5)c4)nc(-n4c5ccccc5c5ccc6c7ccc8c9ccccc9n(-c9ccc%10ccccc%10c9)c8c7oc6c54)n3)cc2)cc1.c1ccc(-c2ccc(-c3nc(-c4ccccc4-c4ccccc4)nc(-n4c5ccccc5c5ccc6c7ccc8c9ccccc9n(-c9ccc%10ccccc%10c9)c8c7oc6c54)n3)cc2)cc1. The highest BCUT2D eigenvalue weighted by molar-refractivity contribution is 6.28. The van der Waals surface area contributed by atoms with Gasteiger partial charge in [0.2, 0.25) is 11.9 Å². The fourth-order valence-electron chi connectivity index (χ4n) is 20.5. The Bertz CT molecular complexity index is 9630. The molecule has 0 fully saturated rings. The Kier molecular flexibility index (Phi) is 17.4. The Balaban J connectivity index is 0.000000136. The smallest absolute Gasteiger partial charge is 0.238 e. The first kappa shape index (κ1) is 75.8. The summed E-state index contributed by atoms with van der Waals surface area (Å²) >= 11 is 0. The highest BCUT2D eigenvalue weighted by Crippen LogP contribution is 2.49. The molecule has 0 saturated heterocycles. The standard InChI is InChI=1S/2C61H37N5O/c1-3-14-38(15-4-1)41-26-28-42(29-27-41)59-62-60(45-21-13-20-43(36-45)39-16-5-2-6-17-39)64-61(63-59)66-54-25-12-10-23-48(54)50-33-35-52-51-34-32-49-47-22-9-11-24-53(47)65(55(49)57(51)67-58(52)56(50)66)46-31-30-40-18-7-8-19-44(40)37-46;1-3-15-38(16-4-1)40-27-29-42(30-28-40)59-62-60(52-24-10-9-21-45(52)41-18-5-2-6-19-41)64-61(63-59)66-54-26-14-12-23-47(54)49-34-36-51-50-35-33-48-46-22-11-13-25-53(46)65(55(48)57(50)67-58(51)56(49)66)44-32-31-39-17-7-8-20-43(39)37-44/h2*1-37H. The lowest BCUT2D eigenvalue weighted by molar-refractivity contribution is 0.672. The van der Waals surface area contributed by atoms with Gasteiger partial charge in [-0.15, -0.1) is 0 Å². The second-order valence-corrected chi connectivity index (χ2v) is 34.3. The molecule has 20 aromatic carbocycles. The zero-order valence-corrected chi connectivity index (χ0v) is 72.0. The number of hydrogen-bond donors (Lipinski definition) is 0. The van der Waals surface area contributed by atoms with Crippen molar-refractivity contribution in [2.45, 2.75) is 0 Å². The topological polar surface area (TPSA) is 123 Å². The molecule has 0 spiro atoms. The van der Waals surface area contributed by atoms with Crippen molar-refractivity contribution in [3.05, 3.63) is 449 Å². The van der Waals surface area contributed by atoms with Crippen LogP contribution in [0.1, 0.15) is 0 Å². The van der Waals surface area contributed by atoms with Crippen LogP contribution >= 0.6 is 0 Å². The van der Waals surface area contributed by atoms with Gasteiger partial charge in [0.1, 0.15) is 11.0 Å². The first-order valence-electron chi connectivity index (χ1n) is 45.2. The molecule has 0 atom stereocenters. The summed E-state index contributed by atoms with van der Waals surface area (Å²) in [5.74, 6) is 3.32. The molecule has 8 heterocycles. The number of nitrogens with zero attached hydrogens (tertiary/aromatic N) is 10. The van der Waals surface area contributed by atoms with E-state index in [1.807, 2.05) is 24.3 Å². The second-order valence-electron chi connectivity index (χ2n) is 34.3. The molecule has 0 amide bonds. The highest BCUT2D eigenvalue weighted by Gasteiger charge is 2.29. The largest absolute Gasteiger partial charge is 0.452 e. The van der Waals surface area contributed by atoms with E-state index in [4.69, 9.17) is 38.7 Å². The maximum Gasteiger partial charge on any atom is 0.238 e. The minimum absolute atomic E-state index is 0.504. The van der Waals surface area contributed by atoms with Gasteiger partial charge in [0.15, 0.2) is 45.6 Å². The van der Waals surface area contributed by atoms with Crippen LogP contribution in [0.25, 0.3) is 266 Å². The third-order valence-corrected chi connectivity index (χ3v) is 26.8. The summed E-state index contributed by atoms with van der Waals surface area (Å²) < 4.78 is 23.9. The lowest BCUT2D eigenvalue weighted by atomic mass is 9.99. The lowest BCUT2D eigenvalue weighted by Gasteiger charge is -2.13. The van der Waals surface area contributed by atoms with Crippen LogP contribution in [0, 0.1) is 0 Å². The molecule has 0 aliphatic rings. The lowest BCUT2D eigenvalue weighted by Crippen LogP contribution is -2.07. The molecule has 0 radical (unpaired) electrons. The zero-order valence-electron chi connectivity index (χ0n) is 72.0. The number of furan rings is 2. The van der Waals surface area contributed by atoms with E-state index in [0.717, 1.165) is 198 Å². The third-order valence-electron chi connectivity index (χ3n) is 26.8. The van der Waals surface area contributed by atoms with E-state index in [0.29, 0.717) is 35.2 Å². The molecule has 28 rings (SSSR count). The van der Waals surface area contributed by atoms with Crippen LogP contribution in [0.2, 0.25) is 0 Å². The van der Waals surface area contributed by atoms with Crippen LogP contribution in [0.15, 0.2) is 458 Å². The van der Waals surface area contributed by atoms with Crippen molar-refractivity contribution in [1.82, 2.24) is 48.2 Å². The highest BCUT2D eigenvalue weighted by atomic mass is 16.3. The van der Waals surface area contributed by atoms with Crippen molar-refractivity contribution >= 4 is 153 Å². The minimum Gasteiger partial charge on any atom is -0.452 e. The molecule has 134 heavy (non-hydrogen) atoms. The average Bonchev–Trinajstić information content (AvgIpc) is 1.54. The van der Waals surface area contributed by atoms with Gasteiger partial charge in [-0.3, -0.25) is 9.13 Å². The fraction of sp³-hybridized carbons (Fsp3) is 0. The molecule has 0 saturated carbocycles. The summed E-state index contributed by atoms with van der Waals surface area (Å²) in [6, 6.07) is 158. The summed E-state index contributed by atoms with van der Waals surface area (Å²) in [6.07, 6.45) is 0. The van der Waals surface area contributed by atoms with E-state index >= 15 is 0 Å². The van der Waals surface area contributed by atoms with Gasteiger partial charge in [0.05, 0.1) is 33.1 Å². The van der Waals surface area contributed by atoms with Gasteiger partial charge in [-0.2, -0.15) is 19.9 Å². The van der Waals surface area contributed by atoms with E-state index in [2.05, 4.69) is 443 Å². The van der Waals surface area contributed by atoms with Crippen LogP contribution in [-0.4, -0.2) is 48.2 Å². The van der Waals surface area contributed by atoms with Gasteiger partial charge in [-0.25, -0.2) is 9.97 Å². The maximum atomic E-state index is 7.40. The summed E-state index contributed by atoms with van der Waals surface area (Å²) in [6.45, 7) is 0. The number of para-hydroxylation sites is 4. The van der Waals surface area contributed by atoms with Gasteiger partial charge >= 0.3 is 0 Å². The maximum absolute atomic E-state index is 7.40. The number of hydrogen-bond acceptors (Lipinski definition) is 8. The summed E-state index contributed by atoms with van der Waals surface area (Å²) in [7, 11) is 0. The molecular formula is C122H74N10O2. The van der Waals surface area contributed by atoms with E-state index in [1.54, 1.807) is 0 Å². The van der Waals surface area contributed by atoms with Crippen molar-refractivity contribution < 1.29 is 8.83 Å². The van der Waals surface area contributed by atoms with Crippen LogP contribution in [-0.2, 0) is 0 Å². The van der Waals surface area contributed by atoms with Crippen molar-refractivity contribution in [3.63, 3.8) is 0 Å². The average molecular weight is 1710 g/mol. The van der Waals surface area contributed by atoms with Crippen molar-refractivity contribution in [1.29, 1.82) is 0 Å². The van der Waals surface area contributed by atoms with E-state index in [-0.39, 0.29) is 0 Å². The summed E-state index contributed by atoms with van der Waals surface area (Å²) in [4.78, 5) is 32.1. The predicted octanol–water partition coefficient (Wildman–Crippen LogP) is 31.6. The molecule has 8 aromatic heterocycles. The molecule has 0 unspecified atom stereocenters. The fourth-order valence-corrected chi connectivity index (χ4v) is 20.5. The Morgan fingerprint density at radius 2 is 0.440 bits per heavy atom. The quantitative estimate of drug-likeness (QED) is 0.118. The Labute approximate surface area is 766 Å². The number of benzene rings is 20. The summed E-state index contributed by atoms with van der Waals surface area (Å²) in [5.41, 5.74) is 25.9. The molecule has 0 aliphatic carbocycles.